The number of carbonyl (C=O) groups excluding carboxylic acids is 1. The summed E-state index contributed by atoms with van der Waals surface area (Å²) < 4.78 is 9.69. The zero-order valence-electron chi connectivity index (χ0n) is 16.1. The third-order valence-electron chi connectivity index (χ3n) is 4.93. The minimum absolute atomic E-state index is 0.124. The van der Waals surface area contributed by atoms with Gasteiger partial charge in [-0.3, -0.25) is 4.79 Å². The van der Waals surface area contributed by atoms with Gasteiger partial charge in [0.1, 0.15) is 16.3 Å². The maximum absolute atomic E-state index is 12.3. The van der Waals surface area contributed by atoms with E-state index in [4.69, 9.17) is 10.00 Å². The molecule has 3 aromatic rings. The fraction of sp³-hybridized carbons (Fsp3) is 0.300. The minimum Gasteiger partial charge on any atom is -0.460 e. The van der Waals surface area contributed by atoms with Gasteiger partial charge < -0.3 is 19.3 Å². The third kappa shape index (κ3) is 3.92. The van der Waals surface area contributed by atoms with Gasteiger partial charge in [-0.1, -0.05) is 17.4 Å². The molecule has 1 fully saturated rings. The smallest absolute Gasteiger partial charge is 0.274 e. The van der Waals surface area contributed by atoms with Crippen LogP contribution in [0, 0.1) is 29.6 Å². The average molecular weight is 439 g/mol. The van der Waals surface area contributed by atoms with Crippen LogP contribution in [0.25, 0.3) is 10.9 Å². The number of benzene rings is 1. The van der Waals surface area contributed by atoms with Crippen LogP contribution in [0.3, 0.4) is 0 Å². The third-order valence-corrected chi connectivity index (χ3v) is 6.76. The Labute approximate surface area is 181 Å². The first-order valence-corrected chi connectivity index (χ1v) is 11.0. The number of hydrogen-bond donors (Lipinski definition) is 2. The van der Waals surface area contributed by atoms with Crippen molar-refractivity contribution in [1.29, 1.82) is 10.5 Å². The van der Waals surface area contributed by atoms with E-state index in [1.165, 1.54) is 23.3 Å². The van der Waals surface area contributed by atoms with Crippen molar-refractivity contribution >= 4 is 45.8 Å². The van der Waals surface area contributed by atoms with Gasteiger partial charge in [0, 0.05) is 18.1 Å². The molecule has 152 valence electrons. The van der Waals surface area contributed by atoms with Gasteiger partial charge in [0.15, 0.2) is 6.61 Å². The second-order valence-electron chi connectivity index (χ2n) is 6.81. The van der Waals surface area contributed by atoms with Gasteiger partial charge in [-0.05, 0) is 43.3 Å². The number of anilines is 1. The Balaban J connectivity index is 1.37. The van der Waals surface area contributed by atoms with Crippen LogP contribution in [-0.2, 0) is 4.79 Å². The molecule has 3 heterocycles. The van der Waals surface area contributed by atoms with E-state index in [-0.39, 0.29) is 18.6 Å². The Hall–Kier alpha value is -3.21. The summed E-state index contributed by atoms with van der Waals surface area (Å²) in [4.78, 5) is 21.2. The summed E-state index contributed by atoms with van der Waals surface area (Å²) >= 11 is 2.71. The van der Waals surface area contributed by atoms with E-state index < -0.39 is 0 Å². The first kappa shape index (κ1) is 20.1. The van der Waals surface area contributed by atoms with Crippen molar-refractivity contribution in [2.24, 2.45) is 0 Å². The molecule has 1 amide bonds. The van der Waals surface area contributed by atoms with Crippen molar-refractivity contribution < 1.29 is 9.53 Å². The highest BCUT2D eigenvalue weighted by molar-refractivity contribution is 8.02. The number of rotatable bonds is 6. The molecule has 2 aromatic heterocycles. The molecule has 1 unspecified atom stereocenters. The van der Waals surface area contributed by atoms with Crippen LogP contribution in [0.15, 0.2) is 28.7 Å². The summed E-state index contributed by atoms with van der Waals surface area (Å²) in [7, 11) is 0. The minimum atomic E-state index is -0.353. The van der Waals surface area contributed by atoms with Gasteiger partial charge in [-0.15, -0.1) is 0 Å². The number of likely N-dealkylation sites (tertiary alicyclic amines) is 1. The number of carbonyl (C=O) groups is 1. The molecule has 10 heteroatoms. The highest BCUT2D eigenvalue weighted by atomic mass is 32.2. The number of nitrogens with one attached hydrogen (secondary N) is 2. The van der Waals surface area contributed by atoms with Crippen molar-refractivity contribution in [3.63, 3.8) is 0 Å². The van der Waals surface area contributed by atoms with Gasteiger partial charge in [0.05, 0.1) is 29.0 Å². The van der Waals surface area contributed by atoms with E-state index >= 15 is 0 Å². The van der Waals surface area contributed by atoms with Crippen LogP contribution < -0.4 is 9.46 Å². The summed E-state index contributed by atoms with van der Waals surface area (Å²) in [5.41, 5.74) is 3.40. The van der Waals surface area contributed by atoms with E-state index in [0.29, 0.717) is 17.3 Å². The van der Waals surface area contributed by atoms with Crippen molar-refractivity contribution in [2.45, 2.75) is 30.0 Å². The van der Waals surface area contributed by atoms with Crippen molar-refractivity contribution in [3.05, 3.63) is 35.7 Å². The maximum Gasteiger partial charge on any atom is 0.274 e. The second-order valence-corrected chi connectivity index (χ2v) is 8.91. The lowest BCUT2D eigenvalue weighted by Gasteiger charge is -2.18. The molecular weight excluding hydrogens is 420 g/mol. The Bertz CT molecular complexity index is 1170. The fourth-order valence-electron chi connectivity index (χ4n) is 3.46. The lowest BCUT2D eigenvalue weighted by Crippen LogP contribution is -2.37. The SMILES string of the molecule is Cc1ccc(NSc2cnc(OCC(=O)N3CCCC3C#N)s2)c2[nH]cc(C#N)c12. The molecule has 0 bridgehead atoms. The summed E-state index contributed by atoms with van der Waals surface area (Å²) in [6, 6.07) is 7.94. The first-order valence-electron chi connectivity index (χ1n) is 9.32. The number of nitrogens with zero attached hydrogens (tertiary/aromatic N) is 4. The van der Waals surface area contributed by atoms with Crippen LogP contribution in [-0.4, -0.2) is 40.0 Å². The summed E-state index contributed by atoms with van der Waals surface area (Å²) in [5, 5.41) is 19.7. The van der Waals surface area contributed by atoms with Crippen molar-refractivity contribution in [2.75, 3.05) is 17.9 Å². The molecule has 1 aromatic carbocycles. The first-order chi connectivity index (χ1) is 14.6. The molecule has 4 rings (SSSR count). The van der Waals surface area contributed by atoms with E-state index in [1.54, 1.807) is 17.3 Å². The Morgan fingerprint density at radius 2 is 2.37 bits per heavy atom. The van der Waals surface area contributed by atoms with Gasteiger partial charge in [0.25, 0.3) is 11.1 Å². The number of ether oxygens (including phenoxy) is 1. The van der Waals surface area contributed by atoms with Crippen molar-refractivity contribution in [1.82, 2.24) is 14.9 Å². The monoisotopic (exact) mass is 438 g/mol. The molecule has 1 aliphatic rings. The number of hydrogen-bond acceptors (Lipinski definition) is 8. The molecule has 0 spiro atoms. The van der Waals surface area contributed by atoms with E-state index in [2.05, 4.69) is 26.8 Å². The maximum atomic E-state index is 12.3. The summed E-state index contributed by atoms with van der Waals surface area (Å²) in [6.07, 6.45) is 4.95. The van der Waals surface area contributed by atoms with Crippen LogP contribution in [0.4, 0.5) is 5.69 Å². The molecule has 1 aliphatic heterocycles. The van der Waals surface area contributed by atoms with Crippen LogP contribution in [0.5, 0.6) is 5.19 Å². The van der Waals surface area contributed by atoms with Gasteiger partial charge in [-0.2, -0.15) is 10.5 Å². The molecule has 8 nitrogen and oxygen atoms in total. The molecular formula is C20H18N6O2S2. The standard InChI is InChI=1S/C20H18N6O2S2/c1-12-4-5-15(19-18(12)13(7-21)9-23-19)25-30-17-10-24-20(29-17)28-11-16(27)26-6-2-3-14(26)8-22/h4-5,9-10,14,23,25H,2-3,6,11H2,1H3. The van der Waals surface area contributed by atoms with Crippen LogP contribution >= 0.6 is 23.3 Å². The predicted molar refractivity (Wildman–Crippen MR) is 115 cm³/mol. The zero-order chi connectivity index (χ0) is 21.1. The van der Waals surface area contributed by atoms with Crippen LogP contribution in [0.2, 0.25) is 0 Å². The Morgan fingerprint density at radius 3 is 3.17 bits per heavy atom. The number of aryl methyl sites for hydroxylation is 1. The van der Waals surface area contributed by atoms with Gasteiger partial charge in [-0.25, -0.2) is 4.98 Å². The summed E-state index contributed by atoms with van der Waals surface area (Å²) in [5.74, 6) is -0.191. The predicted octanol–water partition coefficient (Wildman–Crippen LogP) is 3.82. The van der Waals surface area contributed by atoms with Crippen LogP contribution in [0.1, 0.15) is 24.0 Å². The Kier molecular flexibility index (Phi) is 5.79. The Morgan fingerprint density at radius 1 is 1.50 bits per heavy atom. The van der Waals surface area contributed by atoms with Gasteiger partial charge >= 0.3 is 0 Å². The number of thiazole rings is 1. The fourth-order valence-corrected chi connectivity index (χ4v) is 4.96. The summed E-state index contributed by atoms with van der Waals surface area (Å²) in [6.45, 7) is 2.45. The second kappa shape index (κ2) is 8.66. The van der Waals surface area contributed by atoms with Crippen molar-refractivity contribution in [3.8, 4) is 17.3 Å². The normalized spacial score (nSPS) is 15.7. The van der Waals surface area contributed by atoms with E-state index in [1.807, 2.05) is 19.1 Å². The largest absolute Gasteiger partial charge is 0.460 e. The lowest BCUT2D eigenvalue weighted by molar-refractivity contribution is -0.133. The molecule has 0 radical (unpaired) electrons. The van der Waals surface area contributed by atoms with E-state index in [9.17, 15) is 10.1 Å². The average Bonchev–Trinajstić information content (AvgIpc) is 3.50. The molecule has 1 atom stereocenters. The highest BCUT2D eigenvalue weighted by Gasteiger charge is 2.28. The van der Waals surface area contributed by atoms with Gasteiger partial charge in [0.2, 0.25) is 0 Å². The molecule has 1 saturated heterocycles. The van der Waals surface area contributed by atoms with E-state index in [0.717, 1.165) is 39.2 Å². The highest BCUT2D eigenvalue weighted by Crippen LogP contribution is 2.34. The quantitative estimate of drug-likeness (QED) is 0.562. The lowest BCUT2D eigenvalue weighted by atomic mass is 10.1. The molecule has 0 aliphatic carbocycles. The molecule has 2 N–H and O–H groups in total. The molecule has 30 heavy (non-hydrogen) atoms. The number of aromatic nitrogens is 2. The molecule has 0 saturated carbocycles. The zero-order valence-corrected chi connectivity index (χ0v) is 17.8. The number of H-pyrrole nitrogens is 1. The number of fused-ring (bicyclic) bond motifs is 1. The number of nitriles is 2. The number of aromatic amines is 1. The topological polar surface area (TPSA) is 118 Å². The number of amides is 1.